The number of halogens is 1. The molecule has 0 N–H and O–H groups in total. The molecule has 0 amide bonds. The molecule has 0 aliphatic carbocycles. The maximum Gasteiger partial charge on any atom is 0.0900 e. The Balaban J connectivity index is 2.35. The summed E-state index contributed by atoms with van der Waals surface area (Å²) >= 11 is 6.04. The van der Waals surface area contributed by atoms with Gasteiger partial charge in [0, 0.05) is 18.6 Å². The lowest BCUT2D eigenvalue weighted by Gasteiger charge is -2.35. The molecule has 2 atom stereocenters. The van der Waals surface area contributed by atoms with Crippen molar-refractivity contribution in [3.63, 3.8) is 0 Å². The minimum atomic E-state index is -0.152. The molecule has 2 nitrogen and oxygen atoms in total. The van der Waals surface area contributed by atoms with Crippen molar-refractivity contribution >= 4 is 11.6 Å². The van der Waals surface area contributed by atoms with Crippen LogP contribution in [0, 0.1) is 0 Å². The fraction of sp³-hybridized carbons (Fsp3) is 1.00. The van der Waals surface area contributed by atoms with Gasteiger partial charge in [-0.2, -0.15) is 0 Å². The zero-order chi connectivity index (χ0) is 9.03. The summed E-state index contributed by atoms with van der Waals surface area (Å²) in [5.41, 5.74) is -0.152. The lowest BCUT2D eigenvalue weighted by atomic mass is 9.97. The number of hydrogen-bond donors (Lipinski definition) is 0. The van der Waals surface area contributed by atoms with Crippen LogP contribution in [0.3, 0.4) is 0 Å². The zero-order valence-electron chi connectivity index (χ0n) is 7.81. The lowest BCUT2D eigenvalue weighted by molar-refractivity contribution is -0.108. The molecular formula is C9H17ClO2. The number of hydrogen-bond acceptors (Lipinski definition) is 2. The monoisotopic (exact) mass is 192 g/mol. The Hall–Kier alpha value is 0.210. The molecule has 1 aliphatic heterocycles. The smallest absolute Gasteiger partial charge is 0.0900 e. The first-order valence-corrected chi connectivity index (χ1v) is 4.96. The quantitative estimate of drug-likeness (QED) is 0.639. The van der Waals surface area contributed by atoms with Crippen LogP contribution in [0.25, 0.3) is 0 Å². The van der Waals surface area contributed by atoms with Gasteiger partial charge in [-0.1, -0.05) is 0 Å². The molecular weight excluding hydrogens is 176 g/mol. The Kier molecular flexibility index (Phi) is 3.81. The van der Waals surface area contributed by atoms with Gasteiger partial charge in [-0.15, -0.1) is 11.6 Å². The van der Waals surface area contributed by atoms with Crippen molar-refractivity contribution in [1.29, 1.82) is 0 Å². The second kappa shape index (κ2) is 4.45. The van der Waals surface area contributed by atoms with Crippen LogP contribution >= 0.6 is 11.6 Å². The first-order chi connectivity index (χ1) is 5.66. The molecule has 1 heterocycles. The van der Waals surface area contributed by atoms with Crippen molar-refractivity contribution in [1.82, 2.24) is 0 Å². The average molecular weight is 193 g/mol. The highest BCUT2D eigenvalue weighted by Gasteiger charge is 2.32. The fourth-order valence-corrected chi connectivity index (χ4v) is 1.90. The summed E-state index contributed by atoms with van der Waals surface area (Å²) in [4.78, 5) is 0. The third kappa shape index (κ3) is 2.92. The van der Waals surface area contributed by atoms with E-state index in [1.807, 2.05) is 6.92 Å². The SMILES string of the molecule is CCOCC1(C)CC(Cl)CCO1. The molecule has 1 aliphatic rings. The molecule has 0 radical (unpaired) electrons. The highest BCUT2D eigenvalue weighted by molar-refractivity contribution is 6.20. The van der Waals surface area contributed by atoms with E-state index in [0.29, 0.717) is 6.61 Å². The second-order valence-corrected chi connectivity index (χ2v) is 4.14. The number of ether oxygens (including phenoxy) is 2. The van der Waals surface area contributed by atoms with Gasteiger partial charge in [0.05, 0.1) is 12.2 Å². The van der Waals surface area contributed by atoms with E-state index in [9.17, 15) is 0 Å². The van der Waals surface area contributed by atoms with Crippen molar-refractivity contribution < 1.29 is 9.47 Å². The van der Waals surface area contributed by atoms with Crippen molar-refractivity contribution in [2.45, 2.75) is 37.7 Å². The maximum atomic E-state index is 6.04. The van der Waals surface area contributed by atoms with Crippen LogP contribution in [0.4, 0.5) is 0 Å². The van der Waals surface area contributed by atoms with Crippen molar-refractivity contribution in [2.75, 3.05) is 19.8 Å². The Labute approximate surface area is 79.2 Å². The molecule has 0 spiro atoms. The topological polar surface area (TPSA) is 18.5 Å². The van der Waals surface area contributed by atoms with Crippen LogP contribution in [0.2, 0.25) is 0 Å². The van der Waals surface area contributed by atoms with Crippen LogP contribution in [-0.2, 0) is 9.47 Å². The summed E-state index contributed by atoms with van der Waals surface area (Å²) in [7, 11) is 0. The van der Waals surface area contributed by atoms with Crippen LogP contribution in [0.1, 0.15) is 26.7 Å². The van der Waals surface area contributed by atoms with E-state index in [2.05, 4.69) is 6.92 Å². The van der Waals surface area contributed by atoms with E-state index in [1.54, 1.807) is 0 Å². The third-order valence-corrected chi connectivity index (χ3v) is 2.52. The van der Waals surface area contributed by atoms with Gasteiger partial charge in [-0.25, -0.2) is 0 Å². The fourth-order valence-electron chi connectivity index (χ4n) is 1.48. The van der Waals surface area contributed by atoms with Crippen LogP contribution < -0.4 is 0 Å². The predicted octanol–water partition coefficient (Wildman–Crippen LogP) is 2.20. The van der Waals surface area contributed by atoms with Gasteiger partial charge in [0.2, 0.25) is 0 Å². The molecule has 0 saturated carbocycles. The van der Waals surface area contributed by atoms with Gasteiger partial charge in [0.15, 0.2) is 0 Å². The molecule has 1 rings (SSSR count). The normalized spacial score (nSPS) is 36.8. The summed E-state index contributed by atoms with van der Waals surface area (Å²) in [5, 5.41) is 0.254. The number of rotatable bonds is 3. The molecule has 0 aromatic carbocycles. The van der Waals surface area contributed by atoms with Gasteiger partial charge in [-0.3, -0.25) is 0 Å². The Morgan fingerprint density at radius 1 is 1.67 bits per heavy atom. The second-order valence-electron chi connectivity index (χ2n) is 3.53. The van der Waals surface area contributed by atoms with Crippen LogP contribution in [0.15, 0.2) is 0 Å². The number of alkyl halides is 1. The minimum absolute atomic E-state index is 0.152. The Morgan fingerprint density at radius 2 is 2.42 bits per heavy atom. The lowest BCUT2D eigenvalue weighted by Crippen LogP contribution is -2.41. The predicted molar refractivity (Wildman–Crippen MR) is 49.7 cm³/mol. The van der Waals surface area contributed by atoms with E-state index >= 15 is 0 Å². The van der Waals surface area contributed by atoms with E-state index in [4.69, 9.17) is 21.1 Å². The molecule has 72 valence electrons. The Bertz CT molecular complexity index is 140. The van der Waals surface area contributed by atoms with Gasteiger partial charge in [0.25, 0.3) is 0 Å². The molecule has 0 aromatic heterocycles. The minimum Gasteiger partial charge on any atom is -0.379 e. The molecule has 3 heteroatoms. The summed E-state index contributed by atoms with van der Waals surface area (Å²) in [6, 6.07) is 0. The first kappa shape index (κ1) is 10.3. The third-order valence-electron chi connectivity index (χ3n) is 2.15. The van der Waals surface area contributed by atoms with Gasteiger partial charge in [-0.05, 0) is 26.7 Å². The van der Waals surface area contributed by atoms with Crippen LogP contribution in [-0.4, -0.2) is 30.8 Å². The molecule has 1 fully saturated rings. The molecule has 12 heavy (non-hydrogen) atoms. The standard InChI is InChI=1S/C9H17ClO2/c1-3-11-7-9(2)6-8(10)4-5-12-9/h8H,3-7H2,1-2H3. The van der Waals surface area contributed by atoms with Crippen molar-refractivity contribution in [3.05, 3.63) is 0 Å². The van der Waals surface area contributed by atoms with Crippen molar-refractivity contribution in [3.8, 4) is 0 Å². The molecule has 1 saturated heterocycles. The van der Waals surface area contributed by atoms with Gasteiger partial charge >= 0.3 is 0 Å². The van der Waals surface area contributed by atoms with Gasteiger partial charge < -0.3 is 9.47 Å². The summed E-state index contributed by atoms with van der Waals surface area (Å²) < 4.78 is 11.0. The highest BCUT2D eigenvalue weighted by atomic mass is 35.5. The maximum absolute atomic E-state index is 6.04. The van der Waals surface area contributed by atoms with E-state index in [-0.39, 0.29) is 11.0 Å². The molecule has 0 aromatic rings. The van der Waals surface area contributed by atoms with Crippen LogP contribution in [0.5, 0.6) is 0 Å². The van der Waals surface area contributed by atoms with Crippen molar-refractivity contribution in [2.24, 2.45) is 0 Å². The van der Waals surface area contributed by atoms with E-state index in [0.717, 1.165) is 26.1 Å². The summed E-state index contributed by atoms with van der Waals surface area (Å²) in [5.74, 6) is 0. The molecule has 0 bridgehead atoms. The Morgan fingerprint density at radius 3 is 3.00 bits per heavy atom. The molecule has 2 unspecified atom stereocenters. The van der Waals surface area contributed by atoms with Gasteiger partial charge in [0.1, 0.15) is 0 Å². The largest absolute Gasteiger partial charge is 0.379 e. The average Bonchev–Trinajstić information content (AvgIpc) is 2.01. The summed E-state index contributed by atoms with van der Waals surface area (Å²) in [6.07, 6.45) is 1.86. The highest BCUT2D eigenvalue weighted by Crippen LogP contribution is 2.28. The zero-order valence-corrected chi connectivity index (χ0v) is 8.56. The van der Waals surface area contributed by atoms with E-state index < -0.39 is 0 Å². The summed E-state index contributed by atoms with van der Waals surface area (Å²) in [6.45, 7) is 6.22. The first-order valence-electron chi connectivity index (χ1n) is 4.52. The van der Waals surface area contributed by atoms with E-state index in [1.165, 1.54) is 0 Å².